The second kappa shape index (κ2) is 6.60. The summed E-state index contributed by atoms with van der Waals surface area (Å²) in [5.41, 5.74) is 4.86. The molecule has 1 amide bonds. The van der Waals surface area contributed by atoms with Gasteiger partial charge in [0.15, 0.2) is 0 Å². The zero-order valence-electron chi connectivity index (χ0n) is 15.4. The van der Waals surface area contributed by atoms with Crippen molar-refractivity contribution in [3.63, 3.8) is 0 Å². The smallest absolute Gasteiger partial charge is 0.255 e. The fourth-order valence-electron chi connectivity index (χ4n) is 3.87. The highest BCUT2D eigenvalue weighted by Gasteiger charge is 2.34. The van der Waals surface area contributed by atoms with Gasteiger partial charge in [-0.3, -0.25) is 4.79 Å². The Morgan fingerprint density at radius 3 is 2.75 bits per heavy atom. The van der Waals surface area contributed by atoms with E-state index in [9.17, 15) is 4.79 Å². The van der Waals surface area contributed by atoms with Crippen LogP contribution in [0.5, 0.6) is 0 Å². The number of hydrogen-bond acceptors (Lipinski definition) is 5. The predicted molar refractivity (Wildman–Crippen MR) is 103 cm³/mol. The minimum atomic E-state index is -0.0860. The molecule has 1 aliphatic heterocycles. The number of imidazole rings is 1. The van der Waals surface area contributed by atoms with Crippen molar-refractivity contribution in [1.29, 1.82) is 0 Å². The fraction of sp³-hybridized carbons (Fsp3) is 0.238. The first-order valence-corrected chi connectivity index (χ1v) is 9.35. The Labute approximate surface area is 161 Å². The van der Waals surface area contributed by atoms with E-state index in [1.54, 1.807) is 0 Å². The summed E-state index contributed by atoms with van der Waals surface area (Å²) < 4.78 is 6.75. The molecular formula is C21H19N5O2. The summed E-state index contributed by atoms with van der Waals surface area (Å²) in [6.45, 7) is 2.56. The molecule has 3 aromatic heterocycles. The number of aryl methyl sites for hydroxylation is 1. The van der Waals surface area contributed by atoms with E-state index >= 15 is 0 Å². The summed E-state index contributed by atoms with van der Waals surface area (Å²) >= 11 is 0. The monoisotopic (exact) mass is 373 g/mol. The molecule has 1 unspecified atom stereocenters. The molecule has 0 saturated carbocycles. The van der Waals surface area contributed by atoms with Crippen molar-refractivity contribution in [2.24, 2.45) is 0 Å². The molecular weight excluding hydrogens is 354 g/mol. The lowest BCUT2D eigenvalue weighted by Gasteiger charge is -2.23. The van der Waals surface area contributed by atoms with Gasteiger partial charge in [-0.2, -0.15) is 0 Å². The van der Waals surface area contributed by atoms with Gasteiger partial charge in [-0.25, -0.2) is 9.61 Å². The van der Waals surface area contributed by atoms with Crippen LogP contribution in [0.25, 0.3) is 16.9 Å². The Balaban J connectivity index is 1.47. The van der Waals surface area contributed by atoms with Crippen LogP contribution in [0.2, 0.25) is 0 Å². The molecule has 0 N–H and O–H groups in total. The number of carbonyl (C=O) groups excluding carboxylic acids is 1. The summed E-state index contributed by atoms with van der Waals surface area (Å²) in [6.07, 6.45) is 5.61. The standard InChI is InChI=1S/C21H19N5O2/c1-14-20(24-28-23-14)18-8-5-11-26(18)21(27)16-9-10-19-22-17(13-25(19)12-16)15-6-3-2-4-7-15/h2-4,6-7,9-10,12-13,18H,5,8,11H2,1H3. The molecule has 1 aromatic carbocycles. The van der Waals surface area contributed by atoms with E-state index in [0.717, 1.165) is 41.1 Å². The number of likely N-dealkylation sites (tertiary alicyclic amines) is 1. The molecule has 4 heterocycles. The second-order valence-corrected chi connectivity index (χ2v) is 7.07. The lowest BCUT2D eigenvalue weighted by Crippen LogP contribution is -2.31. The lowest BCUT2D eigenvalue weighted by atomic mass is 10.1. The van der Waals surface area contributed by atoms with Crippen molar-refractivity contribution in [3.05, 3.63) is 71.8 Å². The molecule has 1 fully saturated rings. The molecule has 1 aliphatic rings. The predicted octanol–water partition coefficient (Wildman–Crippen LogP) is 3.67. The average molecular weight is 373 g/mol. The van der Waals surface area contributed by atoms with Gasteiger partial charge >= 0.3 is 0 Å². The molecule has 1 atom stereocenters. The Morgan fingerprint density at radius 2 is 1.96 bits per heavy atom. The summed E-state index contributed by atoms with van der Waals surface area (Å²) in [5, 5.41) is 7.88. The average Bonchev–Trinajstić information content (AvgIpc) is 3.46. The largest absolute Gasteiger partial charge is 0.330 e. The van der Waals surface area contributed by atoms with Crippen LogP contribution in [0.15, 0.2) is 59.5 Å². The maximum atomic E-state index is 13.2. The van der Waals surface area contributed by atoms with Crippen LogP contribution in [0.4, 0.5) is 0 Å². The van der Waals surface area contributed by atoms with E-state index in [4.69, 9.17) is 4.63 Å². The van der Waals surface area contributed by atoms with Crippen molar-refractivity contribution >= 4 is 11.6 Å². The van der Waals surface area contributed by atoms with Crippen LogP contribution in [0, 0.1) is 6.92 Å². The van der Waals surface area contributed by atoms with Crippen molar-refractivity contribution in [1.82, 2.24) is 24.6 Å². The third-order valence-electron chi connectivity index (χ3n) is 5.28. The number of hydrogen-bond donors (Lipinski definition) is 0. The van der Waals surface area contributed by atoms with Crippen LogP contribution < -0.4 is 0 Å². The number of nitrogens with zero attached hydrogens (tertiary/aromatic N) is 5. The van der Waals surface area contributed by atoms with E-state index in [-0.39, 0.29) is 11.9 Å². The Morgan fingerprint density at radius 1 is 1.11 bits per heavy atom. The third kappa shape index (κ3) is 2.76. The van der Waals surface area contributed by atoms with Gasteiger partial charge in [0.1, 0.15) is 17.0 Å². The second-order valence-electron chi connectivity index (χ2n) is 7.07. The topological polar surface area (TPSA) is 76.5 Å². The van der Waals surface area contributed by atoms with Crippen LogP contribution in [0.3, 0.4) is 0 Å². The maximum absolute atomic E-state index is 13.2. The molecule has 28 heavy (non-hydrogen) atoms. The minimum absolute atomic E-state index is 0.0123. The van der Waals surface area contributed by atoms with Crippen molar-refractivity contribution in [2.45, 2.75) is 25.8 Å². The van der Waals surface area contributed by atoms with Crippen LogP contribution >= 0.6 is 0 Å². The molecule has 0 spiro atoms. The fourth-order valence-corrected chi connectivity index (χ4v) is 3.87. The maximum Gasteiger partial charge on any atom is 0.255 e. The van der Waals surface area contributed by atoms with E-state index < -0.39 is 0 Å². The summed E-state index contributed by atoms with van der Waals surface area (Å²) in [7, 11) is 0. The summed E-state index contributed by atoms with van der Waals surface area (Å²) in [6, 6.07) is 13.6. The first-order chi connectivity index (χ1) is 13.7. The van der Waals surface area contributed by atoms with E-state index in [0.29, 0.717) is 12.1 Å². The van der Waals surface area contributed by atoms with Gasteiger partial charge in [-0.05, 0) is 31.9 Å². The van der Waals surface area contributed by atoms with Crippen LogP contribution in [-0.4, -0.2) is 37.0 Å². The SMILES string of the molecule is Cc1nonc1C1CCCN1C(=O)c1ccc2nc(-c3ccccc3)cn2c1. The highest BCUT2D eigenvalue weighted by molar-refractivity contribution is 5.94. The van der Waals surface area contributed by atoms with E-state index in [2.05, 4.69) is 15.3 Å². The van der Waals surface area contributed by atoms with E-state index in [1.165, 1.54) is 0 Å². The Kier molecular flexibility index (Phi) is 3.93. The molecule has 0 aliphatic carbocycles. The van der Waals surface area contributed by atoms with Gasteiger partial charge in [0.05, 0.1) is 17.3 Å². The summed E-state index contributed by atoms with van der Waals surface area (Å²) in [5.74, 6) is -0.0123. The van der Waals surface area contributed by atoms with Gasteiger partial charge in [-0.1, -0.05) is 40.6 Å². The molecule has 7 nitrogen and oxygen atoms in total. The number of rotatable bonds is 3. The third-order valence-corrected chi connectivity index (χ3v) is 5.28. The molecule has 1 saturated heterocycles. The van der Waals surface area contributed by atoms with Gasteiger partial charge < -0.3 is 9.30 Å². The highest BCUT2D eigenvalue weighted by Crippen LogP contribution is 2.33. The van der Waals surface area contributed by atoms with Crippen molar-refractivity contribution in [3.8, 4) is 11.3 Å². The number of carbonyl (C=O) groups is 1. The Bertz CT molecular complexity index is 1150. The zero-order chi connectivity index (χ0) is 19.1. The molecule has 0 radical (unpaired) electrons. The van der Waals surface area contributed by atoms with Crippen molar-refractivity contribution in [2.75, 3.05) is 6.54 Å². The number of amides is 1. The molecule has 7 heteroatoms. The molecule has 0 bridgehead atoms. The highest BCUT2D eigenvalue weighted by atomic mass is 16.6. The molecule has 140 valence electrons. The van der Waals surface area contributed by atoms with Gasteiger partial charge in [0.25, 0.3) is 5.91 Å². The van der Waals surface area contributed by atoms with Crippen LogP contribution in [0.1, 0.15) is 40.6 Å². The van der Waals surface area contributed by atoms with Gasteiger partial charge in [0.2, 0.25) is 0 Å². The first kappa shape index (κ1) is 16.7. The van der Waals surface area contributed by atoms with Gasteiger partial charge in [-0.15, -0.1) is 0 Å². The minimum Gasteiger partial charge on any atom is -0.330 e. The Hall–Kier alpha value is -3.48. The quantitative estimate of drug-likeness (QED) is 0.548. The summed E-state index contributed by atoms with van der Waals surface area (Å²) in [4.78, 5) is 19.7. The number of fused-ring (bicyclic) bond motifs is 1. The zero-order valence-corrected chi connectivity index (χ0v) is 15.4. The van der Waals surface area contributed by atoms with Gasteiger partial charge in [0, 0.05) is 24.5 Å². The van der Waals surface area contributed by atoms with Crippen LogP contribution in [-0.2, 0) is 0 Å². The molecule has 5 rings (SSSR count). The first-order valence-electron chi connectivity index (χ1n) is 9.35. The number of benzene rings is 1. The van der Waals surface area contributed by atoms with E-state index in [1.807, 2.05) is 71.1 Å². The van der Waals surface area contributed by atoms with Crippen molar-refractivity contribution < 1.29 is 9.42 Å². The lowest BCUT2D eigenvalue weighted by molar-refractivity contribution is 0.0729. The number of pyridine rings is 1. The molecule has 4 aromatic rings. The number of aromatic nitrogens is 4. The normalized spacial score (nSPS) is 16.8.